The van der Waals surface area contributed by atoms with Crippen LogP contribution < -0.4 is 30.2 Å². The molecule has 0 radical (unpaired) electrons. The van der Waals surface area contributed by atoms with Gasteiger partial charge in [-0.1, -0.05) is 36.4 Å². The van der Waals surface area contributed by atoms with E-state index in [1.807, 2.05) is 51.1 Å². The van der Waals surface area contributed by atoms with Crippen LogP contribution in [0.4, 0.5) is 11.4 Å². The molecule has 238 valence electrons. The molecule has 3 amide bonds. The molecule has 0 aliphatic rings. The number of carbonyl (C=O) groups excluding carboxylic acids is 3. The SMILES string of the molecule is COc1cc(/C=C(\NC(=O)c2ccccc2)C(=O)Nc2ccc(SC(C)C(=O)Nc3c(C)cccc3C)cc2)cc(OC)c1OC. The number of carbonyl (C=O) groups is 3. The second-order valence-electron chi connectivity index (χ2n) is 10.3. The first-order valence-corrected chi connectivity index (χ1v) is 15.3. The smallest absolute Gasteiger partial charge is 0.272 e. The van der Waals surface area contributed by atoms with Crippen LogP contribution in [0.1, 0.15) is 34.0 Å². The number of hydrogen-bond acceptors (Lipinski definition) is 7. The van der Waals surface area contributed by atoms with Crippen molar-refractivity contribution in [1.82, 2.24) is 5.32 Å². The first-order chi connectivity index (χ1) is 22.1. The Hall–Kier alpha value is -5.22. The van der Waals surface area contributed by atoms with Crippen molar-refractivity contribution in [3.63, 3.8) is 0 Å². The molecule has 1 unspecified atom stereocenters. The van der Waals surface area contributed by atoms with E-state index in [-0.39, 0.29) is 16.9 Å². The summed E-state index contributed by atoms with van der Waals surface area (Å²) in [7, 11) is 4.49. The molecule has 3 N–H and O–H groups in total. The summed E-state index contributed by atoms with van der Waals surface area (Å²) in [5.74, 6) is 0.0979. The Labute approximate surface area is 273 Å². The van der Waals surface area contributed by atoms with Gasteiger partial charge in [0.25, 0.3) is 11.8 Å². The molecule has 0 aromatic heterocycles. The van der Waals surface area contributed by atoms with Gasteiger partial charge in [-0.15, -0.1) is 11.8 Å². The van der Waals surface area contributed by atoms with Gasteiger partial charge in [0.1, 0.15) is 5.70 Å². The van der Waals surface area contributed by atoms with Crippen molar-refractivity contribution >= 4 is 46.9 Å². The van der Waals surface area contributed by atoms with E-state index in [0.29, 0.717) is 34.1 Å². The van der Waals surface area contributed by atoms with Gasteiger partial charge in [0, 0.05) is 21.8 Å². The normalized spacial score (nSPS) is 11.7. The van der Waals surface area contributed by atoms with Crippen molar-refractivity contribution in [3.05, 3.63) is 113 Å². The van der Waals surface area contributed by atoms with Gasteiger partial charge in [0.15, 0.2) is 11.5 Å². The molecule has 0 aliphatic heterocycles. The van der Waals surface area contributed by atoms with Crippen molar-refractivity contribution in [2.45, 2.75) is 30.9 Å². The molecular formula is C36H37N3O6S. The quantitative estimate of drug-likeness (QED) is 0.115. The van der Waals surface area contributed by atoms with Gasteiger partial charge in [-0.25, -0.2) is 0 Å². The molecule has 1 atom stereocenters. The first-order valence-electron chi connectivity index (χ1n) is 14.5. The molecule has 4 aromatic carbocycles. The zero-order valence-corrected chi connectivity index (χ0v) is 27.4. The highest BCUT2D eigenvalue weighted by Crippen LogP contribution is 2.38. The molecule has 0 heterocycles. The molecule has 0 bridgehead atoms. The van der Waals surface area contributed by atoms with Crippen LogP contribution in [0.5, 0.6) is 17.2 Å². The fourth-order valence-corrected chi connectivity index (χ4v) is 5.47. The highest BCUT2D eigenvalue weighted by Gasteiger charge is 2.19. The monoisotopic (exact) mass is 639 g/mol. The maximum absolute atomic E-state index is 13.6. The van der Waals surface area contributed by atoms with Gasteiger partial charge >= 0.3 is 0 Å². The number of thioether (sulfide) groups is 1. The number of nitrogens with one attached hydrogen (secondary N) is 3. The fraction of sp³-hybridized carbons (Fsp3) is 0.194. The molecule has 46 heavy (non-hydrogen) atoms. The first kappa shape index (κ1) is 33.7. The van der Waals surface area contributed by atoms with E-state index in [4.69, 9.17) is 14.2 Å². The molecule has 0 saturated heterocycles. The molecule has 10 heteroatoms. The number of para-hydroxylation sites is 1. The lowest BCUT2D eigenvalue weighted by molar-refractivity contribution is -0.115. The van der Waals surface area contributed by atoms with Crippen LogP contribution in [0, 0.1) is 13.8 Å². The van der Waals surface area contributed by atoms with E-state index < -0.39 is 11.8 Å². The topological polar surface area (TPSA) is 115 Å². The number of hydrogen-bond donors (Lipinski definition) is 3. The summed E-state index contributed by atoms with van der Waals surface area (Å²) >= 11 is 1.41. The van der Waals surface area contributed by atoms with Crippen LogP contribution in [0.25, 0.3) is 6.08 Å². The lowest BCUT2D eigenvalue weighted by Crippen LogP contribution is -2.30. The van der Waals surface area contributed by atoms with Crippen molar-refractivity contribution in [2.75, 3.05) is 32.0 Å². The Kier molecular flexibility index (Phi) is 11.5. The second-order valence-corrected chi connectivity index (χ2v) is 11.7. The van der Waals surface area contributed by atoms with E-state index in [0.717, 1.165) is 21.7 Å². The average Bonchev–Trinajstić information content (AvgIpc) is 3.06. The van der Waals surface area contributed by atoms with Gasteiger partial charge in [-0.05, 0) is 92.1 Å². The van der Waals surface area contributed by atoms with E-state index in [1.54, 1.807) is 54.6 Å². The number of benzene rings is 4. The standard InChI is InChI=1S/C36H37N3O6S/c1-22-11-10-12-23(2)32(22)39-34(40)24(3)46-28-17-15-27(16-18-28)37-36(42)29(38-35(41)26-13-8-7-9-14-26)19-25-20-30(43-4)33(45-6)31(21-25)44-5/h7-21,24H,1-6H3,(H,37,42)(H,38,41)(H,39,40)/b29-19-. The van der Waals surface area contributed by atoms with Crippen molar-refractivity contribution in [2.24, 2.45) is 0 Å². The summed E-state index contributed by atoms with van der Waals surface area (Å²) < 4.78 is 16.3. The Bertz CT molecular complexity index is 1690. The van der Waals surface area contributed by atoms with Crippen LogP contribution in [0.3, 0.4) is 0 Å². The molecular weight excluding hydrogens is 602 g/mol. The van der Waals surface area contributed by atoms with Crippen LogP contribution in [-0.2, 0) is 9.59 Å². The lowest BCUT2D eigenvalue weighted by atomic mass is 10.1. The van der Waals surface area contributed by atoms with Gasteiger partial charge < -0.3 is 30.2 Å². The Balaban J connectivity index is 1.52. The van der Waals surface area contributed by atoms with E-state index in [2.05, 4.69) is 16.0 Å². The number of aryl methyl sites for hydroxylation is 2. The number of methoxy groups -OCH3 is 3. The largest absolute Gasteiger partial charge is 0.493 e. The summed E-state index contributed by atoms with van der Waals surface area (Å²) in [4.78, 5) is 40.4. The van der Waals surface area contributed by atoms with Crippen molar-refractivity contribution in [1.29, 1.82) is 0 Å². The number of rotatable bonds is 12. The number of ether oxygens (including phenoxy) is 3. The molecule has 0 fully saturated rings. The third-order valence-electron chi connectivity index (χ3n) is 7.05. The lowest BCUT2D eigenvalue weighted by Gasteiger charge is -2.16. The van der Waals surface area contributed by atoms with Crippen LogP contribution in [-0.4, -0.2) is 44.3 Å². The van der Waals surface area contributed by atoms with Gasteiger partial charge in [0.05, 0.1) is 26.6 Å². The van der Waals surface area contributed by atoms with Crippen LogP contribution in [0.2, 0.25) is 0 Å². The summed E-state index contributed by atoms with van der Waals surface area (Å²) in [6.45, 7) is 5.77. The van der Waals surface area contributed by atoms with Crippen molar-refractivity contribution < 1.29 is 28.6 Å². The third-order valence-corrected chi connectivity index (χ3v) is 8.16. The zero-order chi connectivity index (χ0) is 33.2. The summed E-state index contributed by atoms with van der Waals surface area (Å²) in [6, 6.07) is 25.0. The Morgan fingerprint density at radius 3 is 1.93 bits per heavy atom. The maximum atomic E-state index is 13.6. The Morgan fingerprint density at radius 1 is 0.761 bits per heavy atom. The summed E-state index contributed by atoms with van der Waals surface area (Å²) in [5.41, 5.74) is 4.27. The highest BCUT2D eigenvalue weighted by atomic mass is 32.2. The minimum atomic E-state index is -0.542. The molecule has 4 aromatic rings. The predicted octanol–water partition coefficient (Wildman–Crippen LogP) is 6.86. The zero-order valence-electron chi connectivity index (χ0n) is 26.6. The average molecular weight is 640 g/mol. The van der Waals surface area contributed by atoms with E-state index in [1.165, 1.54) is 39.2 Å². The van der Waals surface area contributed by atoms with Gasteiger partial charge in [0.2, 0.25) is 11.7 Å². The molecule has 0 spiro atoms. The highest BCUT2D eigenvalue weighted by molar-refractivity contribution is 8.00. The maximum Gasteiger partial charge on any atom is 0.272 e. The number of anilines is 2. The minimum absolute atomic E-state index is 0.00151. The summed E-state index contributed by atoms with van der Waals surface area (Å²) in [6.07, 6.45) is 1.53. The third kappa shape index (κ3) is 8.48. The molecule has 9 nitrogen and oxygen atoms in total. The van der Waals surface area contributed by atoms with Crippen molar-refractivity contribution in [3.8, 4) is 17.2 Å². The molecule has 0 saturated carbocycles. The minimum Gasteiger partial charge on any atom is -0.493 e. The fourth-order valence-electron chi connectivity index (χ4n) is 4.60. The predicted molar refractivity (Wildman–Crippen MR) is 183 cm³/mol. The van der Waals surface area contributed by atoms with Crippen LogP contribution in [0.15, 0.2) is 95.5 Å². The second kappa shape index (κ2) is 15.7. The van der Waals surface area contributed by atoms with Crippen LogP contribution >= 0.6 is 11.8 Å². The van der Waals surface area contributed by atoms with Gasteiger partial charge in [-0.2, -0.15) is 0 Å². The molecule has 0 aliphatic carbocycles. The Morgan fingerprint density at radius 2 is 1.37 bits per heavy atom. The van der Waals surface area contributed by atoms with E-state index in [9.17, 15) is 14.4 Å². The summed E-state index contributed by atoms with van der Waals surface area (Å²) in [5, 5.41) is 8.26. The van der Waals surface area contributed by atoms with E-state index >= 15 is 0 Å². The number of amides is 3. The molecule has 4 rings (SSSR count). The van der Waals surface area contributed by atoms with Gasteiger partial charge in [-0.3, -0.25) is 14.4 Å².